The normalized spacial score (nSPS) is 13.2. The van der Waals surface area contributed by atoms with E-state index in [1.807, 2.05) is 0 Å². The number of para-hydroxylation sites is 4. The minimum Gasteiger partial charge on any atom is -0.311 e. The SMILES string of the molecule is Cc1ccc(N2c3cc(N(c4ccccc4)c4ccc5c(c4)c4ccccc4n5-c4ccccc4)ccc3B3c4c5cc(cc4N(c4ccccc4)c4cccc2c43)C5)cc1. The van der Waals surface area contributed by atoms with E-state index < -0.39 is 0 Å². The van der Waals surface area contributed by atoms with Crippen LogP contribution in [0, 0.1) is 6.92 Å². The first-order valence-electron chi connectivity index (χ1n) is 21.3. The van der Waals surface area contributed by atoms with Crippen LogP contribution in [-0.2, 0) is 6.42 Å². The maximum atomic E-state index is 2.52. The lowest BCUT2D eigenvalue weighted by Gasteiger charge is -2.46. The van der Waals surface area contributed by atoms with Gasteiger partial charge in [-0.2, -0.15) is 0 Å². The molecule has 0 amide bonds. The zero-order chi connectivity index (χ0) is 40.2. The van der Waals surface area contributed by atoms with Gasteiger partial charge in [0, 0.05) is 67.6 Å². The second-order valence-corrected chi connectivity index (χ2v) is 16.7. The lowest BCUT2D eigenvalue weighted by Crippen LogP contribution is -2.62. The Morgan fingerprint density at radius 2 is 1.03 bits per heavy atom. The highest BCUT2D eigenvalue weighted by molar-refractivity contribution is 7.00. The van der Waals surface area contributed by atoms with Crippen molar-refractivity contribution in [3.8, 4) is 5.69 Å². The van der Waals surface area contributed by atoms with Crippen molar-refractivity contribution < 1.29 is 0 Å². The van der Waals surface area contributed by atoms with E-state index in [4.69, 9.17) is 0 Å². The van der Waals surface area contributed by atoms with E-state index in [9.17, 15) is 0 Å². The number of aromatic nitrogens is 1. The number of hydrogen-bond donors (Lipinski definition) is 0. The zero-order valence-electron chi connectivity index (χ0n) is 33.7. The molecule has 61 heavy (non-hydrogen) atoms. The Kier molecular flexibility index (Phi) is 7.35. The minimum atomic E-state index is 0.0851. The highest BCUT2D eigenvalue weighted by atomic mass is 15.2. The van der Waals surface area contributed by atoms with Gasteiger partial charge >= 0.3 is 0 Å². The van der Waals surface area contributed by atoms with Gasteiger partial charge in [-0.25, -0.2) is 0 Å². The van der Waals surface area contributed by atoms with E-state index in [1.165, 1.54) is 83.3 Å². The summed E-state index contributed by atoms with van der Waals surface area (Å²) >= 11 is 0. The lowest BCUT2D eigenvalue weighted by molar-refractivity contribution is 1.09. The van der Waals surface area contributed by atoms with Crippen molar-refractivity contribution in [1.82, 2.24) is 4.57 Å². The van der Waals surface area contributed by atoms with E-state index in [1.54, 1.807) is 0 Å². The zero-order valence-corrected chi connectivity index (χ0v) is 33.7. The number of fused-ring (bicyclic) bond motifs is 5. The molecule has 2 bridgehead atoms. The van der Waals surface area contributed by atoms with Crippen LogP contribution in [0.2, 0.25) is 0 Å². The minimum absolute atomic E-state index is 0.0851. The molecular weight excluding hydrogens is 739 g/mol. The molecule has 9 aromatic carbocycles. The highest BCUT2D eigenvalue weighted by Gasteiger charge is 2.45. The Morgan fingerprint density at radius 3 is 1.79 bits per heavy atom. The molecular formula is C56H39BN4. The summed E-state index contributed by atoms with van der Waals surface area (Å²) < 4.78 is 2.39. The summed E-state index contributed by atoms with van der Waals surface area (Å²) in [6.45, 7) is 2.25. The van der Waals surface area contributed by atoms with Crippen LogP contribution in [0.1, 0.15) is 16.7 Å². The fourth-order valence-electron chi connectivity index (χ4n) is 10.5. The molecule has 0 unspecified atom stereocenters. The van der Waals surface area contributed by atoms with Gasteiger partial charge in [0.15, 0.2) is 0 Å². The predicted molar refractivity (Wildman–Crippen MR) is 257 cm³/mol. The van der Waals surface area contributed by atoms with Crippen LogP contribution in [0.25, 0.3) is 27.5 Å². The van der Waals surface area contributed by atoms with E-state index in [-0.39, 0.29) is 6.71 Å². The second kappa shape index (κ2) is 13.1. The van der Waals surface area contributed by atoms with Crippen LogP contribution in [-0.4, -0.2) is 11.3 Å². The quantitative estimate of drug-likeness (QED) is 0.156. The number of benzene rings is 9. The molecule has 0 atom stereocenters. The molecule has 0 saturated carbocycles. The molecule has 2 aliphatic heterocycles. The van der Waals surface area contributed by atoms with Crippen molar-refractivity contribution in [2.45, 2.75) is 13.3 Å². The van der Waals surface area contributed by atoms with Crippen LogP contribution in [0.15, 0.2) is 206 Å². The van der Waals surface area contributed by atoms with Crippen LogP contribution in [0.4, 0.5) is 51.2 Å². The summed E-state index contributed by atoms with van der Waals surface area (Å²) in [7, 11) is 0. The van der Waals surface area contributed by atoms with E-state index in [2.05, 4.69) is 232 Å². The van der Waals surface area contributed by atoms with Gasteiger partial charge in [0.05, 0.1) is 11.0 Å². The molecule has 0 radical (unpaired) electrons. The summed E-state index contributed by atoms with van der Waals surface area (Å²) in [4.78, 5) is 7.45. The van der Waals surface area contributed by atoms with Crippen LogP contribution >= 0.6 is 0 Å². The number of anilines is 9. The fourth-order valence-corrected chi connectivity index (χ4v) is 10.5. The highest BCUT2D eigenvalue weighted by Crippen LogP contribution is 2.48. The maximum Gasteiger partial charge on any atom is 0.252 e. The van der Waals surface area contributed by atoms with Crippen molar-refractivity contribution in [2.75, 3.05) is 14.7 Å². The monoisotopic (exact) mass is 778 g/mol. The third kappa shape index (κ3) is 5.07. The molecule has 4 aliphatic rings. The Hall–Kier alpha value is -7.76. The van der Waals surface area contributed by atoms with Crippen molar-refractivity contribution in [3.05, 3.63) is 223 Å². The van der Waals surface area contributed by atoms with Crippen molar-refractivity contribution in [1.29, 1.82) is 0 Å². The van der Waals surface area contributed by atoms with Gasteiger partial charge in [-0.3, -0.25) is 0 Å². The lowest BCUT2D eigenvalue weighted by atomic mass is 9.32. The summed E-state index contributed by atoms with van der Waals surface area (Å²) in [5.74, 6) is 0. The van der Waals surface area contributed by atoms with Crippen LogP contribution in [0.3, 0.4) is 0 Å². The van der Waals surface area contributed by atoms with Gasteiger partial charge in [-0.15, -0.1) is 0 Å². The Balaban J connectivity index is 1.05. The van der Waals surface area contributed by atoms with Gasteiger partial charge in [0.2, 0.25) is 0 Å². The molecule has 4 nitrogen and oxygen atoms in total. The Labute approximate surface area is 355 Å². The molecule has 0 saturated heterocycles. The van der Waals surface area contributed by atoms with E-state index in [0.717, 1.165) is 34.9 Å². The molecule has 5 heteroatoms. The third-order valence-corrected chi connectivity index (χ3v) is 13.1. The Morgan fingerprint density at radius 1 is 0.426 bits per heavy atom. The molecule has 0 fully saturated rings. The molecule has 14 rings (SSSR count). The van der Waals surface area contributed by atoms with Crippen molar-refractivity contribution >= 4 is 96.1 Å². The fraction of sp³-hybridized carbons (Fsp3) is 0.0357. The number of hydrogen-bond acceptors (Lipinski definition) is 3. The second-order valence-electron chi connectivity index (χ2n) is 16.7. The van der Waals surface area contributed by atoms with E-state index >= 15 is 0 Å². The third-order valence-electron chi connectivity index (χ3n) is 13.1. The number of nitrogens with zero attached hydrogens (tertiary/aromatic N) is 4. The van der Waals surface area contributed by atoms with Gasteiger partial charge in [0.1, 0.15) is 0 Å². The Bertz CT molecular complexity index is 3360. The summed E-state index contributed by atoms with van der Waals surface area (Å²) in [5, 5.41) is 2.46. The number of rotatable bonds is 6. The molecule has 286 valence electrons. The largest absolute Gasteiger partial charge is 0.311 e. The van der Waals surface area contributed by atoms with Gasteiger partial charge in [0.25, 0.3) is 6.71 Å². The molecule has 3 heterocycles. The van der Waals surface area contributed by atoms with E-state index in [0.29, 0.717) is 0 Å². The molecule has 0 N–H and O–H groups in total. The van der Waals surface area contributed by atoms with Crippen LogP contribution < -0.4 is 31.1 Å². The average Bonchev–Trinajstić information content (AvgIpc) is 3.63. The topological polar surface area (TPSA) is 14.7 Å². The first-order valence-corrected chi connectivity index (χ1v) is 21.3. The molecule has 1 aromatic heterocycles. The average molecular weight is 779 g/mol. The van der Waals surface area contributed by atoms with Crippen molar-refractivity contribution in [2.24, 2.45) is 0 Å². The first-order chi connectivity index (χ1) is 30.2. The molecule has 10 aromatic rings. The molecule has 0 spiro atoms. The predicted octanol–water partition coefficient (Wildman–Crippen LogP) is 12.5. The first kappa shape index (κ1) is 34.1. The van der Waals surface area contributed by atoms with Crippen LogP contribution in [0.5, 0.6) is 0 Å². The van der Waals surface area contributed by atoms with Gasteiger partial charge in [-0.1, -0.05) is 109 Å². The molecule has 2 aliphatic carbocycles. The smallest absolute Gasteiger partial charge is 0.252 e. The maximum absolute atomic E-state index is 2.52. The van der Waals surface area contributed by atoms with Gasteiger partial charge in [-0.05, 0) is 144 Å². The van der Waals surface area contributed by atoms with Crippen molar-refractivity contribution in [3.63, 3.8) is 0 Å². The summed E-state index contributed by atoms with van der Waals surface area (Å²) in [5.41, 5.74) is 22.4. The number of aryl methyl sites for hydroxylation is 1. The summed E-state index contributed by atoms with van der Waals surface area (Å²) in [6, 6.07) is 76.2. The standard InChI is InChI=1S/C56H39BN4/c1-37-24-26-43(27-25-37)60-51-22-13-23-52-56(51)57(55-39-32-38(33-39)34-54(55)61(52)42-18-9-4-10-19-42)48-30-28-45(36-53(48)60)58(40-14-5-2-6-15-40)44-29-31-50-47(35-44)46-20-11-12-21-49(46)59(50)41-16-7-3-8-17-41/h2-32,34-36H,33H2,1H3. The van der Waals surface area contributed by atoms with Gasteiger partial charge < -0.3 is 19.3 Å². The summed E-state index contributed by atoms with van der Waals surface area (Å²) in [6.07, 6.45) is 1.02.